The molecule has 1 heterocycles. The number of para-hydroxylation sites is 1. The summed E-state index contributed by atoms with van der Waals surface area (Å²) in [5.74, 6) is -0.0114. The summed E-state index contributed by atoms with van der Waals surface area (Å²) in [5.41, 5.74) is 2.25. The molecule has 1 atom stereocenters. The summed E-state index contributed by atoms with van der Waals surface area (Å²) < 4.78 is 5.23. The van der Waals surface area contributed by atoms with Gasteiger partial charge in [0.05, 0.1) is 29.4 Å². The molecule has 1 aliphatic carbocycles. The zero-order chi connectivity index (χ0) is 19.4. The van der Waals surface area contributed by atoms with Crippen LogP contribution in [0.4, 0.5) is 10.7 Å². The van der Waals surface area contributed by atoms with Gasteiger partial charge in [-0.05, 0) is 49.8 Å². The summed E-state index contributed by atoms with van der Waals surface area (Å²) in [4.78, 5) is 26.1. The summed E-state index contributed by atoms with van der Waals surface area (Å²) in [5, 5.41) is 7.04. The minimum Gasteiger partial charge on any atom is -0.462 e. The predicted octanol–water partition coefficient (Wildman–Crippen LogP) is 4.75. The number of amides is 1. The number of rotatable bonds is 6. The number of ether oxygens (including phenoxy) is 1. The number of hydrogen-bond acceptors (Lipinski definition) is 5. The molecule has 0 spiro atoms. The van der Waals surface area contributed by atoms with Gasteiger partial charge in [-0.25, -0.2) is 4.79 Å². The van der Waals surface area contributed by atoms with Crippen molar-refractivity contribution in [3.8, 4) is 0 Å². The van der Waals surface area contributed by atoms with Crippen LogP contribution in [-0.4, -0.2) is 25.0 Å². The third-order valence-electron chi connectivity index (χ3n) is 4.56. The number of anilines is 2. The molecule has 1 aromatic carbocycles. The molecule has 0 fully saturated rings. The van der Waals surface area contributed by atoms with Gasteiger partial charge in [-0.2, -0.15) is 0 Å². The normalized spacial score (nSPS) is 15.7. The predicted molar refractivity (Wildman–Crippen MR) is 110 cm³/mol. The van der Waals surface area contributed by atoms with Gasteiger partial charge in [-0.15, -0.1) is 11.3 Å². The number of esters is 1. The number of hydrogen-bond donors (Lipinski definition) is 2. The van der Waals surface area contributed by atoms with Crippen molar-refractivity contribution in [1.82, 2.24) is 0 Å². The molecule has 0 bridgehead atoms. The monoisotopic (exact) mass is 406 g/mol. The van der Waals surface area contributed by atoms with E-state index in [1.54, 1.807) is 13.0 Å². The highest BCUT2D eigenvalue weighted by Gasteiger charge is 2.29. The maximum Gasteiger partial charge on any atom is 0.341 e. The van der Waals surface area contributed by atoms with Gasteiger partial charge in [0.2, 0.25) is 5.91 Å². The van der Waals surface area contributed by atoms with E-state index in [1.807, 2.05) is 18.2 Å². The summed E-state index contributed by atoms with van der Waals surface area (Å²) in [6.45, 7) is 4.36. The molecule has 0 radical (unpaired) electrons. The lowest BCUT2D eigenvalue weighted by Crippen LogP contribution is -2.23. The van der Waals surface area contributed by atoms with Crippen molar-refractivity contribution >= 4 is 45.5 Å². The molecule has 0 aliphatic heterocycles. The standard InChI is InChI=1S/C20H23ClN2O3S/c1-3-26-20(25)18-13-9-8-12(2)10-16(13)27-19(18)23-17(24)11-22-15-7-5-4-6-14(15)21/h4-7,12,22H,3,8-11H2,1-2H3,(H,23,24)/t12-/m0/s1. The Kier molecular flexibility index (Phi) is 6.39. The second-order valence-electron chi connectivity index (χ2n) is 6.66. The quantitative estimate of drug-likeness (QED) is 0.679. The van der Waals surface area contributed by atoms with Gasteiger partial charge in [0, 0.05) is 4.88 Å². The van der Waals surface area contributed by atoms with Crippen molar-refractivity contribution in [1.29, 1.82) is 0 Å². The third kappa shape index (κ3) is 4.62. The molecule has 0 saturated carbocycles. The van der Waals surface area contributed by atoms with Crippen LogP contribution in [0.15, 0.2) is 24.3 Å². The minimum atomic E-state index is -0.362. The zero-order valence-electron chi connectivity index (χ0n) is 15.4. The maximum atomic E-state index is 12.5. The van der Waals surface area contributed by atoms with E-state index in [-0.39, 0.29) is 18.4 Å². The molecule has 1 aliphatic rings. The van der Waals surface area contributed by atoms with Crippen molar-refractivity contribution in [3.63, 3.8) is 0 Å². The van der Waals surface area contributed by atoms with Crippen LogP contribution in [0.1, 0.15) is 41.1 Å². The van der Waals surface area contributed by atoms with Crippen LogP contribution >= 0.6 is 22.9 Å². The Morgan fingerprint density at radius 1 is 1.33 bits per heavy atom. The number of nitrogens with one attached hydrogen (secondary N) is 2. The first-order chi connectivity index (χ1) is 13.0. The van der Waals surface area contributed by atoms with Gasteiger partial charge in [-0.3, -0.25) is 4.79 Å². The molecule has 144 valence electrons. The van der Waals surface area contributed by atoms with Gasteiger partial charge in [-0.1, -0.05) is 30.7 Å². The molecule has 0 saturated heterocycles. The van der Waals surface area contributed by atoms with Gasteiger partial charge in [0.1, 0.15) is 5.00 Å². The van der Waals surface area contributed by atoms with Gasteiger partial charge in [0.15, 0.2) is 0 Å². The SMILES string of the molecule is CCOC(=O)c1c(NC(=O)CNc2ccccc2Cl)sc2c1CC[C@H](C)C2. The molecular formula is C20H23ClN2O3S. The molecule has 3 rings (SSSR count). The molecule has 27 heavy (non-hydrogen) atoms. The Labute approximate surface area is 168 Å². The molecule has 2 aromatic rings. The number of carbonyl (C=O) groups is 2. The molecule has 1 amide bonds. The van der Waals surface area contributed by atoms with E-state index < -0.39 is 0 Å². The van der Waals surface area contributed by atoms with Gasteiger partial charge >= 0.3 is 5.97 Å². The van der Waals surface area contributed by atoms with Crippen LogP contribution in [0, 0.1) is 5.92 Å². The smallest absolute Gasteiger partial charge is 0.341 e. The van der Waals surface area contributed by atoms with Crippen molar-refractivity contribution in [2.75, 3.05) is 23.8 Å². The fraction of sp³-hybridized carbons (Fsp3) is 0.400. The molecule has 7 heteroatoms. The number of carbonyl (C=O) groups excluding carboxylic acids is 2. The largest absolute Gasteiger partial charge is 0.462 e. The van der Waals surface area contributed by atoms with E-state index in [0.717, 1.165) is 24.8 Å². The molecule has 2 N–H and O–H groups in total. The summed E-state index contributed by atoms with van der Waals surface area (Å²) >= 11 is 7.58. The average molecular weight is 407 g/mol. The van der Waals surface area contributed by atoms with Crippen LogP contribution < -0.4 is 10.6 Å². The van der Waals surface area contributed by atoms with E-state index >= 15 is 0 Å². The van der Waals surface area contributed by atoms with Crippen molar-refractivity contribution in [3.05, 3.63) is 45.3 Å². The second-order valence-corrected chi connectivity index (χ2v) is 8.17. The fourth-order valence-electron chi connectivity index (χ4n) is 3.21. The zero-order valence-corrected chi connectivity index (χ0v) is 17.0. The van der Waals surface area contributed by atoms with E-state index in [4.69, 9.17) is 16.3 Å². The van der Waals surface area contributed by atoms with Crippen LogP contribution in [0.3, 0.4) is 0 Å². The van der Waals surface area contributed by atoms with Gasteiger partial charge < -0.3 is 15.4 Å². The fourth-order valence-corrected chi connectivity index (χ4v) is 4.83. The first-order valence-corrected chi connectivity index (χ1v) is 10.3. The van der Waals surface area contributed by atoms with E-state index in [1.165, 1.54) is 16.2 Å². The van der Waals surface area contributed by atoms with Crippen LogP contribution in [0.2, 0.25) is 5.02 Å². The van der Waals surface area contributed by atoms with E-state index in [2.05, 4.69) is 17.6 Å². The van der Waals surface area contributed by atoms with Crippen molar-refractivity contribution in [2.24, 2.45) is 5.92 Å². The van der Waals surface area contributed by atoms with Gasteiger partial charge in [0.25, 0.3) is 0 Å². The number of halogens is 1. The number of benzene rings is 1. The maximum absolute atomic E-state index is 12.5. The highest BCUT2D eigenvalue weighted by Crippen LogP contribution is 2.40. The minimum absolute atomic E-state index is 0.0605. The van der Waals surface area contributed by atoms with Crippen LogP contribution in [0.5, 0.6) is 0 Å². The summed E-state index contributed by atoms with van der Waals surface area (Å²) in [6.07, 6.45) is 2.81. The van der Waals surface area contributed by atoms with E-state index in [9.17, 15) is 9.59 Å². The highest BCUT2D eigenvalue weighted by molar-refractivity contribution is 7.17. The van der Waals surface area contributed by atoms with Crippen LogP contribution in [0.25, 0.3) is 0 Å². The Morgan fingerprint density at radius 3 is 2.85 bits per heavy atom. The number of fused-ring (bicyclic) bond motifs is 1. The Morgan fingerprint density at radius 2 is 2.11 bits per heavy atom. The first kappa shape index (κ1) is 19.7. The van der Waals surface area contributed by atoms with Crippen molar-refractivity contribution in [2.45, 2.75) is 33.1 Å². The lowest BCUT2D eigenvalue weighted by atomic mass is 9.88. The summed E-state index contributed by atoms with van der Waals surface area (Å²) in [7, 11) is 0. The average Bonchev–Trinajstić information content (AvgIpc) is 2.98. The summed E-state index contributed by atoms with van der Waals surface area (Å²) in [6, 6.07) is 7.25. The molecular weight excluding hydrogens is 384 g/mol. The second kappa shape index (κ2) is 8.76. The Hall–Kier alpha value is -2.05. The molecule has 5 nitrogen and oxygen atoms in total. The molecule has 1 aromatic heterocycles. The topological polar surface area (TPSA) is 67.4 Å². The first-order valence-electron chi connectivity index (χ1n) is 9.09. The third-order valence-corrected chi connectivity index (χ3v) is 6.06. The Bertz CT molecular complexity index is 850. The lowest BCUT2D eigenvalue weighted by molar-refractivity contribution is -0.114. The van der Waals surface area contributed by atoms with Crippen LogP contribution in [-0.2, 0) is 22.4 Å². The van der Waals surface area contributed by atoms with E-state index in [0.29, 0.717) is 33.8 Å². The van der Waals surface area contributed by atoms with Crippen molar-refractivity contribution < 1.29 is 14.3 Å². The number of thiophene rings is 1. The highest BCUT2D eigenvalue weighted by atomic mass is 35.5. The lowest BCUT2D eigenvalue weighted by Gasteiger charge is -2.18. The Balaban J connectivity index is 1.76. The molecule has 0 unspecified atom stereocenters.